The molecule has 0 spiro atoms. The third-order valence-electron chi connectivity index (χ3n) is 5.79. The molecule has 158 valence electrons. The van der Waals surface area contributed by atoms with Gasteiger partial charge in [0.1, 0.15) is 5.69 Å². The van der Waals surface area contributed by atoms with Crippen molar-refractivity contribution >= 4 is 17.8 Å². The third-order valence-corrected chi connectivity index (χ3v) is 5.79. The number of carbonyl (C=O) groups excluding carboxylic acids is 2. The van der Waals surface area contributed by atoms with E-state index in [1.54, 1.807) is 31.2 Å². The lowest BCUT2D eigenvalue weighted by Crippen LogP contribution is -2.41. The number of likely N-dealkylation sites (tertiary alicyclic amines) is 2. The van der Waals surface area contributed by atoms with Crippen LogP contribution in [-0.4, -0.2) is 63.8 Å². The molecule has 0 unspecified atom stereocenters. The highest BCUT2D eigenvalue weighted by Gasteiger charge is 2.23. The molecule has 0 atom stereocenters. The first-order chi connectivity index (χ1) is 14.5. The van der Waals surface area contributed by atoms with E-state index in [-0.39, 0.29) is 23.6 Å². The van der Waals surface area contributed by atoms with Gasteiger partial charge < -0.3 is 15.1 Å². The second kappa shape index (κ2) is 8.77. The van der Waals surface area contributed by atoms with Gasteiger partial charge in [0.15, 0.2) is 5.82 Å². The highest BCUT2D eigenvalue weighted by atomic mass is 19.1. The van der Waals surface area contributed by atoms with Crippen LogP contribution in [0.15, 0.2) is 30.5 Å². The van der Waals surface area contributed by atoms with E-state index in [0.29, 0.717) is 30.2 Å². The van der Waals surface area contributed by atoms with Gasteiger partial charge in [0.05, 0.1) is 6.20 Å². The Morgan fingerprint density at radius 3 is 2.53 bits per heavy atom. The number of piperidine rings is 1. The zero-order chi connectivity index (χ0) is 21.1. The largest absolute Gasteiger partial charge is 0.351 e. The molecule has 2 aromatic rings. The molecule has 7 nitrogen and oxygen atoms in total. The summed E-state index contributed by atoms with van der Waals surface area (Å²) < 4.78 is 14.5. The minimum atomic E-state index is -0.530. The van der Waals surface area contributed by atoms with E-state index in [4.69, 9.17) is 0 Å². The number of carbonyl (C=O) groups is 2. The van der Waals surface area contributed by atoms with Gasteiger partial charge in [-0.3, -0.25) is 9.59 Å². The summed E-state index contributed by atoms with van der Waals surface area (Å²) in [5.41, 5.74) is 1.26. The summed E-state index contributed by atoms with van der Waals surface area (Å²) in [6.07, 6.45) is 4.77. The summed E-state index contributed by atoms with van der Waals surface area (Å²) in [5, 5.41) is 3.26. The summed E-state index contributed by atoms with van der Waals surface area (Å²) in [6, 6.07) is 7.08. The van der Waals surface area contributed by atoms with E-state index in [1.165, 1.54) is 0 Å². The maximum absolute atomic E-state index is 14.5. The second-order valence-electron chi connectivity index (χ2n) is 7.89. The third kappa shape index (κ3) is 4.42. The van der Waals surface area contributed by atoms with E-state index in [2.05, 4.69) is 15.3 Å². The Morgan fingerprint density at radius 2 is 1.83 bits per heavy atom. The van der Waals surface area contributed by atoms with Gasteiger partial charge in [-0.25, -0.2) is 14.4 Å². The zero-order valence-corrected chi connectivity index (χ0v) is 17.1. The van der Waals surface area contributed by atoms with Crippen LogP contribution in [0.4, 0.5) is 10.3 Å². The molecule has 0 saturated carbocycles. The number of anilines is 1. The first-order valence-corrected chi connectivity index (χ1v) is 10.5. The number of rotatable bonds is 4. The Hall–Kier alpha value is -3.03. The number of aromatic nitrogens is 2. The van der Waals surface area contributed by atoms with Gasteiger partial charge in [0, 0.05) is 50.3 Å². The minimum Gasteiger partial charge on any atom is -0.351 e. The lowest BCUT2D eigenvalue weighted by atomic mass is 10.1. The maximum Gasteiger partial charge on any atom is 0.253 e. The van der Waals surface area contributed by atoms with E-state index in [9.17, 15) is 14.0 Å². The second-order valence-corrected chi connectivity index (χ2v) is 7.89. The van der Waals surface area contributed by atoms with Crippen molar-refractivity contribution in [1.29, 1.82) is 0 Å². The molecule has 2 aliphatic heterocycles. The molecule has 4 rings (SSSR count). The topological polar surface area (TPSA) is 78.4 Å². The fourth-order valence-corrected chi connectivity index (χ4v) is 4.06. The summed E-state index contributed by atoms with van der Waals surface area (Å²) in [5.74, 6) is -0.127. The fourth-order valence-electron chi connectivity index (χ4n) is 4.06. The molecular formula is C22H26FN5O2. The van der Waals surface area contributed by atoms with Gasteiger partial charge >= 0.3 is 0 Å². The predicted molar refractivity (Wildman–Crippen MR) is 111 cm³/mol. The molecule has 2 aliphatic rings. The number of amides is 2. The van der Waals surface area contributed by atoms with E-state index in [1.807, 2.05) is 9.80 Å². The highest BCUT2D eigenvalue weighted by Crippen LogP contribution is 2.24. The van der Waals surface area contributed by atoms with Crippen molar-refractivity contribution in [1.82, 2.24) is 19.8 Å². The van der Waals surface area contributed by atoms with Crippen molar-refractivity contribution in [2.24, 2.45) is 0 Å². The average molecular weight is 411 g/mol. The molecular weight excluding hydrogens is 385 g/mol. The van der Waals surface area contributed by atoms with E-state index < -0.39 is 5.82 Å². The smallest absolute Gasteiger partial charge is 0.253 e. The van der Waals surface area contributed by atoms with Crippen LogP contribution in [0.3, 0.4) is 0 Å². The van der Waals surface area contributed by atoms with Crippen LogP contribution in [0.1, 0.15) is 43.0 Å². The minimum absolute atomic E-state index is 0.0283. The van der Waals surface area contributed by atoms with Crippen LogP contribution >= 0.6 is 0 Å². The molecule has 2 saturated heterocycles. The quantitative estimate of drug-likeness (QED) is 0.837. The molecule has 3 heterocycles. The van der Waals surface area contributed by atoms with Gasteiger partial charge in [-0.2, -0.15) is 0 Å². The van der Waals surface area contributed by atoms with E-state index in [0.717, 1.165) is 45.0 Å². The monoisotopic (exact) mass is 411 g/mol. The van der Waals surface area contributed by atoms with Crippen molar-refractivity contribution in [2.75, 3.05) is 31.5 Å². The molecule has 8 heteroatoms. The lowest BCUT2D eigenvalue weighted by molar-refractivity contribution is -0.129. The molecule has 0 bridgehead atoms. The van der Waals surface area contributed by atoms with Crippen LogP contribution in [0.2, 0.25) is 0 Å². The van der Waals surface area contributed by atoms with Crippen molar-refractivity contribution in [2.45, 2.75) is 38.6 Å². The van der Waals surface area contributed by atoms with Crippen molar-refractivity contribution < 1.29 is 14.0 Å². The first-order valence-electron chi connectivity index (χ1n) is 10.5. The predicted octanol–water partition coefficient (Wildman–Crippen LogP) is 2.94. The summed E-state index contributed by atoms with van der Waals surface area (Å²) in [6.45, 7) is 4.47. The molecule has 2 fully saturated rings. The highest BCUT2D eigenvalue weighted by molar-refractivity contribution is 5.95. The van der Waals surface area contributed by atoms with Gasteiger partial charge in [0.25, 0.3) is 5.91 Å². The Kier molecular flexibility index (Phi) is 5.92. The Bertz CT molecular complexity index is 937. The molecule has 30 heavy (non-hydrogen) atoms. The Balaban J connectivity index is 1.50. The molecule has 1 aromatic heterocycles. The standard InChI is InChI=1S/C22H26FN5O2/c1-15(29)27-11-7-18(8-12-27)25-22-24-14-19(23)20(26-22)16-5-4-6-17(13-16)21(30)28-9-2-3-10-28/h4-6,13-14,18H,2-3,7-12H2,1H3,(H,24,25,26). The number of halogens is 1. The van der Waals surface area contributed by atoms with Crippen LogP contribution < -0.4 is 5.32 Å². The molecule has 0 radical (unpaired) electrons. The maximum atomic E-state index is 14.5. The normalized spacial score (nSPS) is 17.3. The SMILES string of the molecule is CC(=O)N1CCC(Nc2ncc(F)c(-c3cccc(C(=O)N4CCCC4)c3)n2)CC1. The average Bonchev–Trinajstić information content (AvgIpc) is 3.30. The molecule has 2 amide bonds. The van der Waals surface area contributed by atoms with Gasteiger partial charge in [-0.15, -0.1) is 0 Å². The summed E-state index contributed by atoms with van der Waals surface area (Å²) in [7, 11) is 0. The van der Waals surface area contributed by atoms with Crippen LogP contribution in [0.5, 0.6) is 0 Å². The van der Waals surface area contributed by atoms with Gasteiger partial charge in [0.2, 0.25) is 11.9 Å². The first kappa shape index (κ1) is 20.3. The van der Waals surface area contributed by atoms with Crippen LogP contribution in [0, 0.1) is 5.82 Å². The van der Waals surface area contributed by atoms with Crippen molar-refractivity contribution in [3.63, 3.8) is 0 Å². The molecule has 1 N–H and O–H groups in total. The van der Waals surface area contributed by atoms with Crippen molar-refractivity contribution in [3.8, 4) is 11.3 Å². The zero-order valence-electron chi connectivity index (χ0n) is 17.1. The number of hydrogen-bond donors (Lipinski definition) is 1. The number of hydrogen-bond acceptors (Lipinski definition) is 5. The fraction of sp³-hybridized carbons (Fsp3) is 0.455. The number of nitrogens with one attached hydrogen (secondary N) is 1. The lowest BCUT2D eigenvalue weighted by Gasteiger charge is -2.31. The summed E-state index contributed by atoms with van der Waals surface area (Å²) >= 11 is 0. The van der Waals surface area contributed by atoms with Crippen LogP contribution in [-0.2, 0) is 4.79 Å². The molecule has 1 aromatic carbocycles. The van der Waals surface area contributed by atoms with E-state index >= 15 is 0 Å². The van der Waals surface area contributed by atoms with Gasteiger partial charge in [-0.05, 0) is 37.8 Å². The Labute approximate surface area is 175 Å². The van der Waals surface area contributed by atoms with Crippen molar-refractivity contribution in [3.05, 3.63) is 41.8 Å². The van der Waals surface area contributed by atoms with Crippen LogP contribution in [0.25, 0.3) is 11.3 Å². The number of nitrogens with zero attached hydrogens (tertiary/aromatic N) is 4. The molecule has 0 aliphatic carbocycles. The summed E-state index contributed by atoms with van der Waals surface area (Å²) in [4.78, 5) is 36.3. The Morgan fingerprint density at radius 1 is 1.10 bits per heavy atom. The number of benzene rings is 1. The van der Waals surface area contributed by atoms with Gasteiger partial charge in [-0.1, -0.05) is 12.1 Å².